The van der Waals surface area contributed by atoms with Crippen LogP contribution in [0.5, 0.6) is 0 Å². The number of aromatic nitrogens is 4. The Kier molecular flexibility index (Phi) is 4.47. The van der Waals surface area contributed by atoms with Gasteiger partial charge in [-0.05, 0) is 25.0 Å². The van der Waals surface area contributed by atoms with Gasteiger partial charge < -0.3 is 16.0 Å². The molecule has 0 radical (unpaired) electrons. The first kappa shape index (κ1) is 15.8. The number of para-hydroxylation sites is 1. The maximum absolute atomic E-state index is 5.98. The van der Waals surface area contributed by atoms with Gasteiger partial charge in [0.25, 0.3) is 0 Å². The molecule has 7 nitrogen and oxygen atoms in total. The summed E-state index contributed by atoms with van der Waals surface area (Å²) in [5, 5.41) is 8.90. The lowest BCUT2D eigenvalue weighted by molar-refractivity contribution is 0.498. The SMILES string of the molecule is NC1CCN(c2ccnc(NCCn3ncc4ccccc43)n2)CC1. The van der Waals surface area contributed by atoms with Crippen molar-refractivity contribution < 1.29 is 0 Å². The molecule has 0 aliphatic carbocycles. The van der Waals surface area contributed by atoms with Crippen molar-refractivity contribution in [1.29, 1.82) is 0 Å². The van der Waals surface area contributed by atoms with Gasteiger partial charge in [-0.2, -0.15) is 10.1 Å². The van der Waals surface area contributed by atoms with Crippen LogP contribution in [0.1, 0.15) is 12.8 Å². The number of piperidine rings is 1. The molecule has 0 unspecified atom stereocenters. The number of nitrogens with zero attached hydrogens (tertiary/aromatic N) is 5. The van der Waals surface area contributed by atoms with E-state index in [0.717, 1.165) is 55.7 Å². The van der Waals surface area contributed by atoms with E-state index in [4.69, 9.17) is 5.73 Å². The van der Waals surface area contributed by atoms with Crippen molar-refractivity contribution in [2.24, 2.45) is 5.73 Å². The molecule has 4 rings (SSSR count). The van der Waals surface area contributed by atoms with Gasteiger partial charge in [-0.3, -0.25) is 4.68 Å². The number of nitrogens with one attached hydrogen (secondary N) is 1. The molecule has 0 saturated carbocycles. The van der Waals surface area contributed by atoms with Crippen molar-refractivity contribution in [3.8, 4) is 0 Å². The number of benzene rings is 1. The van der Waals surface area contributed by atoms with Gasteiger partial charge in [0.15, 0.2) is 0 Å². The number of fused-ring (bicyclic) bond motifs is 1. The molecule has 3 aromatic rings. The van der Waals surface area contributed by atoms with Crippen LogP contribution in [0.4, 0.5) is 11.8 Å². The lowest BCUT2D eigenvalue weighted by Gasteiger charge is -2.31. The Bertz CT molecular complexity index is 836. The minimum atomic E-state index is 0.319. The Morgan fingerprint density at radius 3 is 2.88 bits per heavy atom. The summed E-state index contributed by atoms with van der Waals surface area (Å²) in [5.74, 6) is 1.62. The van der Waals surface area contributed by atoms with Crippen molar-refractivity contribution in [2.45, 2.75) is 25.4 Å². The molecule has 7 heteroatoms. The second-order valence-electron chi connectivity index (χ2n) is 6.42. The van der Waals surface area contributed by atoms with E-state index in [1.807, 2.05) is 35.3 Å². The van der Waals surface area contributed by atoms with Gasteiger partial charge in [-0.1, -0.05) is 18.2 Å². The fourth-order valence-corrected chi connectivity index (χ4v) is 3.22. The minimum Gasteiger partial charge on any atom is -0.356 e. The maximum Gasteiger partial charge on any atom is 0.224 e. The van der Waals surface area contributed by atoms with Gasteiger partial charge in [0, 0.05) is 37.3 Å². The average Bonchev–Trinajstić information content (AvgIpc) is 3.06. The Balaban J connectivity index is 1.37. The van der Waals surface area contributed by atoms with Crippen LogP contribution < -0.4 is 16.0 Å². The van der Waals surface area contributed by atoms with Crippen LogP contribution in [0.15, 0.2) is 42.7 Å². The van der Waals surface area contributed by atoms with E-state index in [1.54, 1.807) is 0 Å². The molecule has 1 fully saturated rings. The summed E-state index contributed by atoms with van der Waals surface area (Å²) < 4.78 is 2.00. The molecule has 130 valence electrons. The fraction of sp³-hybridized carbons (Fsp3) is 0.389. The van der Waals surface area contributed by atoms with Crippen molar-refractivity contribution in [2.75, 3.05) is 29.9 Å². The molecule has 0 bridgehead atoms. The van der Waals surface area contributed by atoms with Crippen LogP contribution in [0.25, 0.3) is 10.9 Å². The van der Waals surface area contributed by atoms with E-state index in [2.05, 4.69) is 37.4 Å². The van der Waals surface area contributed by atoms with Crippen LogP contribution in [0.3, 0.4) is 0 Å². The molecule has 3 heterocycles. The first-order valence-corrected chi connectivity index (χ1v) is 8.77. The Hall–Kier alpha value is -2.67. The summed E-state index contributed by atoms with van der Waals surface area (Å²) in [4.78, 5) is 11.2. The van der Waals surface area contributed by atoms with Crippen LogP contribution in [-0.4, -0.2) is 45.4 Å². The van der Waals surface area contributed by atoms with Crippen LogP contribution in [0, 0.1) is 0 Å². The summed E-state index contributed by atoms with van der Waals surface area (Å²) in [7, 11) is 0. The average molecular weight is 337 g/mol. The normalized spacial score (nSPS) is 15.6. The third-order valence-electron chi connectivity index (χ3n) is 4.66. The lowest BCUT2D eigenvalue weighted by Crippen LogP contribution is -2.40. The van der Waals surface area contributed by atoms with Crippen molar-refractivity contribution >= 4 is 22.7 Å². The van der Waals surface area contributed by atoms with Crippen molar-refractivity contribution in [1.82, 2.24) is 19.7 Å². The zero-order valence-corrected chi connectivity index (χ0v) is 14.2. The predicted octanol–water partition coefficient (Wildman–Crippen LogP) is 1.87. The van der Waals surface area contributed by atoms with Crippen molar-refractivity contribution in [3.05, 3.63) is 42.7 Å². The number of rotatable bonds is 5. The Labute approximate surface area is 146 Å². The summed E-state index contributed by atoms with van der Waals surface area (Å²) in [5.41, 5.74) is 7.12. The second-order valence-corrected chi connectivity index (χ2v) is 6.42. The highest BCUT2D eigenvalue weighted by Gasteiger charge is 2.17. The largest absolute Gasteiger partial charge is 0.356 e. The molecule has 3 N–H and O–H groups in total. The number of anilines is 2. The monoisotopic (exact) mass is 337 g/mol. The number of hydrogen-bond acceptors (Lipinski definition) is 6. The van der Waals surface area contributed by atoms with E-state index >= 15 is 0 Å². The standard InChI is InChI=1S/C18H23N7/c19-15-6-10-24(11-7-15)17-5-8-20-18(23-17)21-9-12-25-16-4-2-1-3-14(16)13-22-25/h1-5,8,13,15H,6-7,9-12,19H2,(H,20,21,23). The molecule has 1 aliphatic heterocycles. The molecule has 2 aromatic heterocycles. The number of hydrogen-bond donors (Lipinski definition) is 2. The molecule has 0 spiro atoms. The smallest absolute Gasteiger partial charge is 0.224 e. The van der Waals surface area contributed by atoms with Gasteiger partial charge in [-0.25, -0.2) is 4.98 Å². The third kappa shape index (κ3) is 3.56. The third-order valence-corrected chi connectivity index (χ3v) is 4.66. The highest BCUT2D eigenvalue weighted by molar-refractivity contribution is 5.78. The lowest BCUT2D eigenvalue weighted by atomic mass is 10.1. The molecule has 1 aliphatic rings. The molecular weight excluding hydrogens is 314 g/mol. The van der Waals surface area contributed by atoms with Gasteiger partial charge in [0.05, 0.1) is 18.3 Å². The van der Waals surface area contributed by atoms with Crippen LogP contribution in [0.2, 0.25) is 0 Å². The van der Waals surface area contributed by atoms with E-state index < -0.39 is 0 Å². The minimum absolute atomic E-state index is 0.319. The highest BCUT2D eigenvalue weighted by atomic mass is 15.3. The van der Waals surface area contributed by atoms with E-state index in [0.29, 0.717) is 12.0 Å². The summed E-state index contributed by atoms with van der Waals surface area (Å²) in [6.45, 7) is 3.40. The topological polar surface area (TPSA) is 84.9 Å². The van der Waals surface area contributed by atoms with Crippen LogP contribution in [-0.2, 0) is 6.54 Å². The zero-order valence-electron chi connectivity index (χ0n) is 14.2. The highest BCUT2D eigenvalue weighted by Crippen LogP contribution is 2.18. The first-order chi connectivity index (χ1) is 12.3. The summed E-state index contributed by atoms with van der Waals surface area (Å²) in [6.07, 6.45) is 5.73. The van der Waals surface area contributed by atoms with E-state index in [9.17, 15) is 0 Å². The molecule has 1 saturated heterocycles. The van der Waals surface area contributed by atoms with Gasteiger partial charge >= 0.3 is 0 Å². The Morgan fingerprint density at radius 2 is 2.00 bits per heavy atom. The quantitative estimate of drug-likeness (QED) is 0.739. The molecule has 25 heavy (non-hydrogen) atoms. The Morgan fingerprint density at radius 1 is 1.16 bits per heavy atom. The molecule has 0 amide bonds. The van der Waals surface area contributed by atoms with Gasteiger partial charge in [0.1, 0.15) is 5.82 Å². The van der Waals surface area contributed by atoms with Crippen LogP contribution >= 0.6 is 0 Å². The molecule has 1 aromatic carbocycles. The van der Waals surface area contributed by atoms with E-state index in [-0.39, 0.29) is 0 Å². The zero-order chi connectivity index (χ0) is 17.1. The number of nitrogens with two attached hydrogens (primary N) is 1. The first-order valence-electron chi connectivity index (χ1n) is 8.77. The summed E-state index contributed by atoms with van der Waals surface area (Å²) in [6, 6.07) is 10.5. The predicted molar refractivity (Wildman–Crippen MR) is 99.7 cm³/mol. The molecular formula is C18H23N7. The van der Waals surface area contributed by atoms with Gasteiger partial charge in [-0.15, -0.1) is 0 Å². The maximum atomic E-state index is 5.98. The van der Waals surface area contributed by atoms with Crippen molar-refractivity contribution in [3.63, 3.8) is 0 Å². The second kappa shape index (κ2) is 7.06. The molecule has 0 atom stereocenters. The van der Waals surface area contributed by atoms with Gasteiger partial charge in [0.2, 0.25) is 5.95 Å². The van der Waals surface area contributed by atoms with E-state index in [1.165, 1.54) is 0 Å². The summed E-state index contributed by atoms with van der Waals surface area (Å²) >= 11 is 0. The fourth-order valence-electron chi connectivity index (χ4n) is 3.22.